The van der Waals surface area contributed by atoms with Crippen LogP contribution in [-0.2, 0) is 4.74 Å². The van der Waals surface area contributed by atoms with Gasteiger partial charge in [-0.3, -0.25) is 0 Å². The van der Waals surface area contributed by atoms with E-state index in [9.17, 15) is 0 Å². The van der Waals surface area contributed by atoms with Crippen molar-refractivity contribution in [3.05, 3.63) is 34.9 Å². The molecule has 0 saturated carbocycles. The third-order valence-corrected chi connectivity index (χ3v) is 4.48. The molecule has 1 aliphatic rings. The number of alkyl halides is 1. The third-order valence-electron chi connectivity index (χ3n) is 3.47. The fourth-order valence-corrected chi connectivity index (χ4v) is 3.27. The van der Waals surface area contributed by atoms with Crippen LogP contribution < -0.4 is 0 Å². The lowest BCUT2D eigenvalue weighted by atomic mass is 9.86. The molecule has 94 valence electrons. The smallest absolute Gasteiger partial charge is 0.0468 e. The summed E-state index contributed by atoms with van der Waals surface area (Å²) in [4.78, 5) is 0. The van der Waals surface area contributed by atoms with E-state index in [1.807, 2.05) is 12.1 Å². The minimum atomic E-state index is 0.566. The summed E-state index contributed by atoms with van der Waals surface area (Å²) in [7, 11) is 0. The van der Waals surface area contributed by atoms with Crippen LogP contribution >= 0.6 is 27.5 Å². The molecule has 0 radical (unpaired) electrons. The molecule has 1 unspecified atom stereocenters. The molecule has 17 heavy (non-hydrogen) atoms. The zero-order valence-electron chi connectivity index (χ0n) is 9.87. The van der Waals surface area contributed by atoms with Crippen molar-refractivity contribution in [2.24, 2.45) is 5.92 Å². The van der Waals surface area contributed by atoms with Crippen molar-refractivity contribution in [1.29, 1.82) is 0 Å². The fourth-order valence-electron chi connectivity index (χ4n) is 2.43. The number of benzene rings is 1. The number of ether oxygens (including phenoxy) is 1. The van der Waals surface area contributed by atoms with Crippen molar-refractivity contribution in [3.63, 3.8) is 0 Å². The molecule has 1 saturated heterocycles. The first-order valence-electron chi connectivity index (χ1n) is 6.18. The van der Waals surface area contributed by atoms with Crippen LogP contribution in [0.2, 0.25) is 5.02 Å². The lowest BCUT2D eigenvalue weighted by Gasteiger charge is -2.26. The summed E-state index contributed by atoms with van der Waals surface area (Å²) in [6, 6.07) is 8.24. The van der Waals surface area contributed by atoms with Gasteiger partial charge in [-0.2, -0.15) is 0 Å². The summed E-state index contributed by atoms with van der Waals surface area (Å²) >= 11 is 9.68. The molecule has 3 heteroatoms. The van der Waals surface area contributed by atoms with Crippen LogP contribution in [0.1, 0.15) is 30.7 Å². The van der Waals surface area contributed by atoms with Gasteiger partial charge in [-0.15, -0.1) is 0 Å². The Morgan fingerprint density at radius 1 is 1.35 bits per heavy atom. The van der Waals surface area contributed by atoms with Gasteiger partial charge in [0.05, 0.1) is 0 Å². The SMILES string of the molecule is Clc1cccc(C(CBr)CC2CCOCC2)c1. The Balaban J connectivity index is 2.00. The van der Waals surface area contributed by atoms with E-state index in [2.05, 4.69) is 28.1 Å². The van der Waals surface area contributed by atoms with Crippen molar-refractivity contribution >= 4 is 27.5 Å². The van der Waals surface area contributed by atoms with Crippen LogP contribution in [0.4, 0.5) is 0 Å². The lowest BCUT2D eigenvalue weighted by molar-refractivity contribution is 0.0623. The first kappa shape index (κ1) is 13.4. The van der Waals surface area contributed by atoms with E-state index in [0.717, 1.165) is 29.5 Å². The van der Waals surface area contributed by atoms with E-state index >= 15 is 0 Å². The predicted octanol–water partition coefficient (Wildman–Crippen LogP) is 4.64. The molecule has 0 aliphatic carbocycles. The molecule has 1 nitrogen and oxygen atoms in total. The molecular weight excluding hydrogens is 300 g/mol. The van der Waals surface area contributed by atoms with Crippen LogP contribution in [0, 0.1) is 5.92 Å². The standard InChI is InChI=1S/C14H18BrClO/c15-10-13(8-11-4-6-17-7-5-11)12-2-1-3-14(16)9-12/h1-3,9,11,13H,4-8,10H2. The number of hydrogen-bond acceptors (Lipinski definition) is 1. The molecule has 0 aromatic heterocycles. The van der Waals surface area contributed by atoms with E-state index < -0.39 is 0 Å². The highest BCUT2D eigenvalue weighted by atomic mass is 79.9. The maximum atomic E-state index is 6.05. The van der Waals surface area contributed by atoms with Crippen molar-refractivity contribution < 1.29 is 4.74 Å². The van der Waals surface area contributed by atoms with Gasteiger partial charge >= 0.3 is 0 Å². The number of hydrogen-bond donors (Lipinski definition) is 0. The highest BCUT2D eigenvalue weighted by molar-refractivity contribution is 9.09. The van der Waals surface area contributed by atoms with E-state index in [1.165, 1.54) is 24.8 Å². The van der Waals surface area contributed by atoms with Crippen LogP contribution in [-0.4, -0.2) is 18.5 Å². The zero-order chi connectivity index (χ0) is 12.1. The van der Waals surface area contributed by atoms with Crippen LogP contribution in [0.25, 0.3) is 0 Å². The average molecular weight is 318 g/mol. The van der Waals surface area contributed by atoms with Gasteiger partial charge in [-0.05, 0) is 48.8 Å². The van der Waals surface area contributed by atoms with E-state index in [1.54, 1.807) is 0 Å². The van der Waals surface area contributed by atoms with Crippen molar-refractivity contribution in [2.75, 3.05) is 18.5 Å². The highest BCUT2D eigenvalue weighted by Crippen LogP contribution is 2.31. The molecule has 2 rings (SSSR count). The quantitative estimate of drug-likeness (QED) is 0.735. The Labute approximate surface area is 117 Å². The molecule has 1 atom stereocenters. The van der Waals surface area contributed by atoms with E-state index in [4.69, 9.17) is 16.3 Å². The van der Waals surface area contributed by atoms with Crippen LogP contribution in [0.3, 0.4) is 0 Å². The zero-order valence-corrected chi connectivity index (χ0v) is 12.2. The summed E-state index contributed by atoms with van der Waals surface area (Å²) in [5, 5.41) is 1.84. The van der Waals surface area contributed by atoms with Gasteiger partial charge in [-0.25, -0.2) is 0 Å². The first-order chi connectivity index (χ1) is 8.29. The molecule has 1 aromatic carbocycles. The minimum absolute atomic E-state index is 0.566. The normalized spacial score (nSPS) is 19.2. The molecule has 0 N–H and O–H groups in total. The van der Waals surface area contributed by atoms with E-state index in [0.29, 0.717) is 5.92 Å². The van der Waals surface area contributed by atoms with Crippen molar-refractivity contribution in [2.45, 2.75) is 25.2 Å². The van der Waals surface area contributed by atoms with Crippen LogP contribution in [0.15, 0.2) is 24.3 Å². The first-order valence-corrected chi connectivity index (χ1v) is 7.68. The number of halogens is 2. The summed E-state index contributed by atoms with van der Waals surface area (Å²) in [5.74, 6) is 1.36. The second kappa shape index (κ2) is 6.77. The maximum absolute atomic E-state index is 6.05. The summed E-state index contributed by atoms with van der Waals surface area (Å²) in [6.45, 7) is 1.85. The molecule has 1 heterocycles. The fraction of sp³-hybridized carbons (Fsp3) is 0.571. The highest BCUT2D eigenvalue weighted by Gasteiger charge is 2.19. The molecule has 1 aliphatic heterocycles. The van der Waals surface area contributed by atoms with E-state index in [-0.39, 0.29) is 0 Å². The maximum Gasteiger partial charge on any atom is 0.0468 e. The molecule has 0 bridgehead atoms. The van der Waals surface area contributed by atoms with Gasteiger partial charge in [0.15, 0.2) is 0 Å². The topological polar surface area (TPSA) is 9.23 Å². The van der Waals surface area contributed by atoms with Gasteiger partial charge in [0.2, 0.25) is 0 Å². The second-order valence-corrected chi connectivity index (χ2v) is 5.78. The molecule has 0 amide bonds. The van der Waals surface area contributed by atoms with Crippen molar-refractivity contribution in [1.82, 2.24) is 0 Å². The predicted molar refractivity (Wildman–Crippen MR) is 76.1 cm³/mol. The Morgan fingerprint density at radius 2 is 2.12 bits per heavy atom. The minimum Gasteiger partial charge on any atom is -0.381 e. The molecular formula is C14H18BrClO. The average Bonchev–Trinajstić information content (AvgIpc) is 2.37. The summed E-state index contributed by atoms with van der Waals surface area (Å²) in [6.07, 6.45) is 3.63. The second-order valence-electron chi connectivity index (χ2n) is 4.70. The third kappa shape index (κ3) is 3.97. The van der Waals surface area contributed by atoms with Gasteiger partial charge in [0, 0.05) is 23.6 Å². The molecule has 1 aromatic rings. The monoisotopic (exact) mass is 316 g/mol. The van der Waals surface area contributed by atoms with Gasteiger partial charge in [-0.1, -0.05) is 39.7 Å². The summed E-state index contributed by atoms with van der Waals surface area (Å²) < 4.78 is 5.41. The largest absolute Gasteiger partial charge is 0.381 e. The Kier molecular flexibility index (Phi) is 5.33. The Hall–Kier alpha value is -0.0500. The van der Waals surface area contributed by atoms with Crippen LogP contribution in [0.5, 0.6) is 0 Å². The molecule has 0 spiro atoms. The molecule has 1 fully saturated rings. The Bertz CT molecular complexity index is 350. The Morgan fingerprint density at radius 3 is 2.76 bits per heavy atom. The van der Waals surface area contributed by atoms with Gasteiger partial charge in [0.1, 0.15) is 0 Å². The van der Waals surface area contributed by atoms with Crippen molar-refractivity contribution in [3.8, 4) is 0 Å². The summed E-state index contributed by atoms with van der Waals surface area (Å²) in [5.41, 5.74) is 1.35. The van der Waals surface area contributed by atoms with Gasteiger partial charge < -0.3 is 4.74 Å². The lowest BCUT2D eigenvalue weighted by Crippen LogP contribution is -2.18. The number of rotatable bonds is 4. The van der Waals surface area contributed by atoms with Gasteiger partial charge in [0.25, 0.3) is 0 Å².